The number of benzene rings is 2. The minimum atomic E-state index is 0.453. The summed E-state index contributed by atoms with van der Waals surface area (Å²) in [5.41, 5.74) is 2.80. The van der Waals surface area contributed by atoms with Crippen LogP contribution in [0.15, 0.2) is 73.1 Å². The lowest BCUT2D eigenvalue weighted by Crippen LogP contribution is -2.12. The Morgan fingerprint density at radius 1 is 0.759 bits per heavy atom. The van der Waals surface area contributed by atoms with Gasteiger partial charge in [-0.2, -0.15) is 0 Å². The molecule has 29 heavy (non-hydrogen) atoms. The van der Waals surface area contributed by atoms with Crippen molar-refractivity contribution in [3.63, 3.8) is 0 Å². The topological polar surface area (TPSA) is 17.8 Å². The van der Waals surface area contributed by atoms with Crippen LogP contribution in [0.2, 0.25) is 0 Å². The Morgan fingerprint density at radius 3 is 2.14 bits per heavy atom. The van der Waals surface area contributed by atoms with Gasteiger partial charge in [0.15, 0.2) is 0 Å². The summed E-state index contributed by atoms with van der Waals surface area (Å²) in [6.07, 6.45) is 15.6. The average Bonchev–Trinajstić information content (AvgIpc) is 3.21. The minimum Gasteiger partial charge on any atom is -0.335 e. The molecule has 0 N–H and O–H groups in total. The largest absolute Gasteiger partial charge is 0.335 e. The van der Waals surface area contributed by atoms with Crippen LogP contribution in [0.25, 0.3) is 0 Å². The van der Waals surface area contributed by atoms with Crippen molar-refractivity contribution in [3.8, 4) is 0 Å². The third-order valence-electron chi connectivity index (χ3n) is 5.83. The molecular weight excluding hydrogens is 352 g/mol. The van der Waals surface area contributed by atoms with Gasteiger partial charge in [0.25, 0.3) is 0 Å². The van der Waals surface area contributed by atoms with Gasteiger partial charge in [0, 0.05) is 25.4 Å². The SMILES string of the molecule is CCCCCCCCCn1ccnc1CC(Cc1ccccc1)c1ccccc1. The summed E-state index contributed by atoms with van der Waals surface area (Å²) < 4.78 is 2.38. The van der Waals surface area contributed by atoms with Gasteiger partial charge in [-0.1, -0.05) is 106 Å². The Balaban J connectivity index is 1.59. The zero-order chi connectivity index (χ0) is 20.2. The first-order chi connectivity index (χ1) is 14.4. The molecule has 2 heteroatoms. The molecule has 0 saturated heterocycles. The number of nitrogens with zero attached hydrogens (tertiary/aromatic N) is 2. The van der Waals surface area contributed by atoms with Crippen molar-refractivity contribution in [1.29, 1.82) is 0 Å². The minimum absolute atomic E-state index is 0.453. The van der Waals surface area contributed by atoms with Crippen molar-refractivity contribution in [2.24, 2.45) is 0 Å². The van der Waals surface area contributed by atoms with Crippen molar-refractivity contribution in [3.05, 3.63) is 90.0 Å². The van der Waals surface area contributed by atoms with Gasteiger partial charge in [-0.15, -0.1) is 0 Å². The van der Waals surface area contributed by atoms with E-state index in [2.05, 4.69) is 78.4 Å². The highest BCUT2D eigenvalue weighted by Crippen LogP contribution is 2.25. The zero-order valence-electron chi connectivity index (χ0n) is 18.0. The van der Waals surface area contributed by atoms with Crippen molar-refractivity contribution in [2.75, 3.05) is 0 Å². The van der Waals surface area contributed by atoms with E-state index in [0.717, 1.165) is 19.4 Å². The van der Waals surface area contributed by atoms with E-state index in [0.29, 0.717) is 5.92 Å². The van der Waals surface area contributed by atoms with Crippen LogP contribution in [0.5, 0.6) is 0 Å². The van der Waals surface area contributed by atoms with Crippen LogP contribution in [0, 0.1) is 0 Å². The Bertz CT molecular complexity index is 792. The van der Waals surface area contributed by atoms with E-state index in [1.165, 1.54) is 61.9 Å². The highest BCUT2D eigenvalue weighted by atomic mass is 15.1. The van der Waals surface area contributed by atoms with Gasteiger partial charge < -0.3 is 4.57 Å². The van der Waals surface area contributed by atoms with Crippen molar-refractivity contribution < 1.29 is 0 Å². The van der Waals surface area contributed by atoms with Crippen LogP contribution in [-0.2, 0) is 19.4 Å². The van der Waals surface area contributed by atoms with Crippen molar-refractivity contribution in [1.82, 2.24) is 9.55 Å². The number of hydrogen-bond acceptors (Lipinski definition) is 1. The summed E-state index contributed by atoms with van der Waals surface area (Å²) in [6.45, 7) is 3.37. The lowest BCUT2D eigenvalue weighted by Gasteiger charge is -2.18. The van der Waals surface area contributed by atoms with E-state index in [1.807, 2.05) is 6.20 Å². The predicted octanol–water partition coefficient (Wildman–Crippen LogP) is 7.20. The fourth-order valence-corrected chi connectivity index (χ4v) is 4.12. The normalized spacial score (nSPS) is 12.2. The number of aromatic nitrogens is 2. The maximum Gasteiger partial charge on any atom is 0.109 e. The lowest BCUT2D eigenvalue weighted by atomic mass is 9.89. The van der Waals surface area contributed by atoms with Gasteiger partial charge in [-0.3, -0.25) is 0 Å². The molecule has 0 aliphatic rings. The molecule has 3 aromatic rings. The first kappa shape index (κ1) is 21.4. The maximum absolute atomic E-state index is 4.73. The number of imidazole rings is 1. The van der Waals surface area contributed by atoms with Crippen LogP contribution in [0.1, 0.15) is 74.7 Å². The standard InChI is InChI=1S/C27H36N2/c1-2-3-4-5-6-7-14-20-29-21-19-28-27(29)23-26(25-17-12-9-13-18-25)22-24-15-10-8-11-16-24/h8-13,15-19,21,26H,2-7,14,20,22-23H2,1H3. The second-order valence-corrected chi connectivity index (χ2v) is 8.16. The molecule has 0 radical (unpaired) electrons. The molecule has 1 unspecified atom stereocenters. The monoisotopic (exact) mass is 388 g/mol. The van der Waals surface area contributed by atoms with Gasteiger partial charge in [0.2, 0.25) is 0 Å². The van der Waals surface area contributed by atoms with Gasteiger partial charge >= 0.3 is 0 Å². The Labute approximate surface area is 177 Å². The van der Waals surface area contributed by atoms with Crippen LogP contribution in [0.4, 0.5) is 0 Å². The van der Waals surface area contributed by atoms with Gasteiger partial charge in [0.1, 0.15) is 5.82 Å². The molecule has 0 aliphatic heterocycles. The third kappa shape index (κ3) is 7.20. The average molecular weight is 389 g/mol. The number of rotatable bonds is 13. The molecular formula is C27H36N2. The second-order valence-electron chi connectivity index (χ2n) is 8.16. The molecule has 1 atom stereocenters. The summed E-state index contributed by atoms with van der Waals surface area (Å²) >= 11 is 0. The van der Waals surface area contributed by atoms with Crippen LogP contribution in [-0.4, -0.2) is 9.55 Å². The molecule has 1 aromatic heterocycles. The Hall–Kier alpha value is -2.35. The van der Waals surface area contributed by atoms with Gasteiger partial charge in [0.05, 0.1) is 0 Å². The summed E-state index contributed by atoms with van der Waals surface area (Å²) in [4.78, 5) is 4.73. The van der Waals surface area contributed by atoms with Crippen molar-refractivity contribution in [2.45, 2.75) is 77.2 Å². The molecule has 0 saturated carbocycles. The third-order valence-corrected chi connectivity index (χ3v) is 5.83. The Kier molecular flexibility index (Phi) is 9.03. The summed E-state index contributed by atoms with van der Waals surface area (Å²) in [7, 11) is 0. The molecule has 3 rings (SSSR count). The molecule has 154 valence electrons. The molecule has 0 aliphatic carbocycles. The zero-order valence-corrected chi connectivity index (χ0v) is 18.0. The van der Waals surface area contributed by atoms with E-state index in [4.69, 9.17) is 4.98 Å². The fourth-order valence-electron chi connectivity index (χ4n) is 4.12. The molecule has 0 spiro atoms. The molecule has 1 heterocycles. The summed E-state index contributed by atoms with van der Waals surface area (Å²) in [6, 6.07) is 21.8. The molecule has 0 fully saturated rings. The first-order valence-corrected chi connectivity index (χ1v) is 11.5. The fraction of sp³-hybridized carbons (Fsp3) is 0.444. The van der Waals surface area contributed by atoms with E-state index in [9.17, 15) is 0 Å². The van der Waals surface area contributed by atoms with Gasteiger partial charge in [-0.25, -0.2) is 4.98 Å². The van der Waals surface area contributed by atoms with E-state index >= 15 is 0 Å². The second kappa shape index (κ2) is 12.3. The van der Waals surface area contributed by atoms with E-state index in [1.54, 1.807) is 0 Å². The lowest BCUT2D eigenvalue weighted by molar-refractivity contribution is 0.529. The summed E-state index contributed by atoms with van der Waals surface area (Å²) in [5.74, 6) is 1.68. The number of unbranched alkanes of at least 4 members (excludes halogenated alkanes) is 6. The smallest absolute Gasteiger partial charge is 0.109 e. The molecule has 0 amide bonds. The predicted molar refractivity (Wildman–Crippen MR) is 123 cm³/mol. The highest BCUT2D eigenvalue weighted by Gasteiger charge is 2.16. The Morgan fingerprint density at radius 2 is 1.41 bits per heavy atom. The highest BCUT2D eigenvalue weighted by molar-refractivity contribution is 5.25. The molecule has 2 aromatic carbocycles. The number of aryl methyl sites for hydroxylation is 1. The van der Waals surface area contributed by atoms with Gasteiger partial charge in [-0.05, 0) is 29.9 Å². The first-order valence-electron chi connectivity index (χ1n) is 11.5. The summed E-state index contributed by atoms with van der Waals surface area (Å²) in [5, 5.41) is 0. The van der Waals surface area contributed by atoms with Crippen LogP contribution >= 0.6 is 0 Å². The van der Waals surface area contributed by atoms with Crippen LogP contribution < -0.4 is 0 Å². The van der Waals surface area contributed by atoms with Crippen molar-refractivity contribution >= 4 is 0 Å². The van der Waals surface area contributed by atoms with E-state index < -0.39 is 0 Å². The molecule has 0 bridgehead atoms. The van der Waals surface area contributed by atoms with E-state index in [-0.39, 0.29) is 0 Å². The maximum atomic E-state index is 4.73. The quantitative estimate of drug-likeness (QED) is 0.283. The molecule has 2 nitrogen and oxygen atoms in total. The number of hydrogen-bond donors (Lipinski definition) is 0. The van der Waals surface area contributed by atoms with Crippen LogP contribution in [0.3, 0.4) is 0 Å².